The molecule has 0 atom stereocenters. The van der Waals surface area contributed by atoms with Crippen LogP contribution in [0.2, 0.25) is 0 Å². The van der Waals surface area contributed by atoms with Gasteiger partial charge in [-0.15, -0.1) is 22.7 Å². The summed E-state index contributed by atoms with van der Waals surface area (Å²) in [6.07, 6.45) is 0. The van der Waals surface area contributed by atoms with Crippen molar-refractivity contribution in [3.8, 4) is 22.3 Å². The first-order valence-corrected chi connectivity index (χ1v) is 18.1. The number of anilines is 3. The number of pyridine rings is 1. The number of benzene rings is 7. The zero-order chi connectivity index (χ0) is 32.3. The first-order chi connectivity index (χ1) is 24.3. The highest BCUT2D eigenvalue weighted by atomic mass is 32.1. The van der Waals surface area contributed by atoms with Crippen LogP contribution >= 0.6 is 22.7 Å². The monoisotopic (exact) mass is 660 g/mol. The van der Waals surface area contributed by atoms with Crippen LogP contribution in [0.15, 0.2) is 170 Å². The van der Waals surface area contributed by atoms with Gasteiger partial charge in [0.05, 0.1) is 0 Å². The van der Waals surface area contributed by atoms with Crippen molar-refractivity contribution in [3.63, 3.8) is 0 Å². The minimum absolute atomic E-state index is 0.898. The van der Waals surface area contributed by atoms with Gasteiger partial charge in [-0.05, 0) is 75.5 Å². The molecule has 0 aliphatic carbocycles. The van der Waals surface area contributed by atoms with Crippen LogP contribution < -0.4 is 4.90 Å². The Morgan fingerprint density at radius 1 is 0.388 bits per heavy atom. The van der Waals surface area contributed by atoms with Crippen molar-refractivity contribution in [1.29, 1.82) is 0 Å². The third-order valence-electron chi connectivity index (χ3n) is 9.52. The van der Waals surface area contributed by atoms with E-state index in [1.54, 1.807) is 11.3 Å². The molecule has 0 radical (unpaired) electrons. The third-order valence-corrected chi connectivity index (χ3v) is 11.9. The predicted molar refractivity (Wildman–Crippen MR) is 213 cm³/mol. The van der Waals surface area contributed by atoms with Crippen LogP contribution in [0.1, 0.15) is 0 Å². The van der Waals surface area contributed by atoms with Crippen molar-refractivity contribution in [3.05, 3.63) is 170 Å². The molecule has 0 bridgehead atoms. The molecule has 3 heterocycles. The molecule has 230 valence electrons. The second-order valence-corrected chi connectivity index (χ2v) is 14.4. The molecule has 0 unspecified atom stereocenters. The fraction of sp³-hybridized carbons (Fsp3) is 0. The maximum absolute atomic E-state index is 5.34. The van der Waals surface area contributed by atoms with Gasteiger partial charge in [0.25, 0.3) is 0 Å². The molecule has 0 aliphatic heterocycles. The zero-order valence-corrected chi connectivity index (χ0v) is 28.0. The zero-order valence-electron chi connectivity index (χ0n) is 26.4. The van der Waals surface area contributed by atoms with Crippen LogP contribution in [-0.4, -0.2) is 4.98 Å². The number of aromatic nitrogens is 1. The van der Waals surface area contributed by atoms with Gasteiger partial charge in [-0.1, -0.05) is 127 Å². The normalized spacial score (nSPS) is 11.7. The molecule has 10 rings (SSSR count). The van der Waals surface area contributed by atoms with Gasteiger partial charge in [0, 0.05) is 47.0 Å². The summed E-state index contributed by atoms with van der Waals surface area (Å²) < 4.78 is 3.94. The van der Waals surface area contributed by atoms with Crippen LogP contribution in [0.25, 0.3) is 73.5 Å². The van der Waals surface area contributed by atoms with Gasteiger partial charge in [-0.3, -0.25) is 4.90 Å². The highest BCUT2D eigenvalue weighted by Gasteiger charge is 2.18. The topological polar surface area (TPSA) is 16.1 Å². The summed E-state index contributed by atoms with van der Waals surface area (Å²) in [4.78, 5) is 8.67. The second kappa shape index (κ2) is 11.4. The Balaban J connectivity index is 1.11. The van der Waals surface area contributed by atoms with Crippen molar-refractivity contribution in [1.82, 2.24) is 4.98 Å². The van der Waals surface area contributed by atoms with Crippen LogP contribution in [0.5, 0.6) is 0 Å². The van der Waals surface area contributed by atoms with Gasteiger partial charge >= 0.3 is 0 Å². The summed E-state index contributed by atoms with van der Waals surface area (Å²) >= 11 is 3.65. The molecule has 3 aromatic heterocycles. The molecule has 4 heteroatoms. The van der Waals surface area contributed by atoms with E-state index in [9.17, 15) is 0 Å². The highest BCUT2D eigenvalue weighted by molar-refractivity contribution is 7.26. The molecule has 7 aromatic carbocycles. The van der Waals surface area contributed by atoms with Crippen LogP contribution in [-0.2, 0) is 0 Å². The Morgan fingerprint density at radius 2 is 1.02 bits per heavy atom. The number of rotatable bonds is 5. The summed E-state index contributed by atoms with van der Waals surface area (Å²) in [6, 6.07) is 61.2. The van der Waals surface area contributed by atoms with Gasteiger partial charge in [0.15, 0.2) is 0 Å². The molecule has 0 saturated heterocycles. The molecule has 10 aromatic rings. The fourth-order valence-corrected chi connectivity index (χ4v) is 9.55. The molecular weight excluding hydrogens is 633 g/mol. The fourth-order valence-electron chi connectivity index (χ4n) is 7.11. The van der Waals surface area contributed by atoms with E-state index in [4.69, 9.17) is 4.98 Å². The summed E-state index contributed by atoms with van der Waals surface area (Å²) in [7, 11) is 0. The first kappa shape index (κ1) is 28.2. The number of hydrogen-bond donors (Lipinski definition) is 0. The standard InChI is InChI=1S/C45H28N2S2/c1-2-9-29(10-3-1)30-17-22-33(23-18-30)47(42-28-27-40-39-26-21-31-11-4-5-12-35(31)44(39)49-45(40)46-42)34-24-19-32(20-25-34)36-14-8-15-38-37-13-6-7-16-41(37)48-43(36)38/h1-28H. The van der Waals surface area contributed by atoms with Gasteiger partial charge in [0.1, 0.15) is 10.6 Å². The van der Waals surface area contributed by atoms with E-state index in [1.165, 1.54) is 68.7 Å². The summed E-state index contributed by atoms with van der Waals surface area (Å²) in [6.45, 7) is 0. The lowest BCUT2D eigenvalue weighted by molar-refractivity contribution is 1.21. The van der Waals surface area contributed by atoms with Gasteiger partial charge in [-0.2, -0.15) is 0 Å². The highest BCUT2D eigenvalue weighted by Crippen LogP contribution is 2.43. The molecule has 49 heavy (non-hydrogen) atoms. The minimum Gasteiger partial charge on any atom is -0.295 e. The van der Waals surface area contributed by atoms with Crippen molar-refractivity contribution < 1.29 is 0 Å². The summed E-state index contributed by atoms with van der Waals surface area (Å²) in [5.41, 5.74) is 7.00. The molecule has 0 aliphatic rings. The lowest BCUT2D eigenvalue weighted by Gasteiger charge is -2.25. The van der Waals surface area contributed by atoms with Gasteiger partial charge in [-0.25, -0.2) is 4.98 Å². The second-order valence-electron chi connectivity index (χ2n) is 12.4. The van der Waals surface area contributed by atoms with E-state index < -0.39 is 0 Å². The SMILES string of the molecule is c1ccc(-c2ccc(N(c3ccc(-c4cccc5c4sc4ccccc45)cc3)c3ccc4c(n3)sc3c5ccccc5ccc43)cc2)cc1. The van der Waals surface area contributed by atoms with E-state index in [1.807, 2.05) is 11.3 Å². The van der Waals surface area contributed by atoms with Crippen molar-refractivity contribution >= 4 is 91.1 Å². The Hall–Kier alpha value is -5.81. The lowest BCUT2D eigenvalue weighted by atomic mass is 10.0. The lowest BCUT2D eigenvalue weighted by Crippen LogP contribution is -2.11. The Morgan fingerprint density at radius 3 is 1.84 bits per heavy atom. The number of nitrogens with zero attached hydrogens (tertiary/aromatic N) is 2. The Bertz CT molecular complexity index is 2810. The van der Waals surface area contributed by atoms with E-state index in [2.05, 4.69) is 175 Å². The quantitative estimate of drug-likeness (QED) is 0.183. The maximum Gasteiger partial charge on any atom is 0.139 e. The van der Waals surface area contributed by atoms with Crippen LogP contribution in [0.4, 0.5) is 17.2 Å². The molecule has 0 saturated carbocycles. The average molecular weight is 661 g/mol. The average Bonchev–Trinajstić information content (AvgIpc) is 3.74. The van der Waals surface area contributed by atoms with E-state index in [0.29, 0.717) is 0 Å². The summed E-state index contributed by atoms with van der Waals surface area (Å²) in [5, 5.41) is 7.63. The van der Waals surface area contributed by atoms with Crippen molar-refractivity contribution in [2.45, 2.75) is 0 Å². The van der Waals surface area contributed by atoms with Gasteiger partial charge in [0.2, 0.25) is 0 Å². The van der Waals surface area contributed by atoms with Crippen LogP contribution in [0, 0.1) is 0 Å². The number of thiophene rings is 2. The molecule has 0 N–H and O–H groups in total. The first-order valence-electron chi connectivity index (χ1n) is 16.5. The Labute approximate surface area is 291 Å². The van der Waals surface area contributed by atoms with Crippen molar-refractivity contribution in [2.75, 3.05) is 4.90 Å². The molecule has 0 fully saturated rings. The minimum atomic E-state index is 0.898. The smallest absolute Gasteiger partial charge is 0.139 e. The van der Waals surface area contributed by atoms with E-state index in [-0.39, 0.29) is 0 Å². The molecule has 0 amide bonds. The molecule has 0 spiro atoms. The van der Waals surface area contributed by atoms with Crippen molar-refractivity contribution in [2.24, 2.45) is 0 Å². The third kappa shape index (κ3) is 4.72. The Kier molecular flexibility index (Phi) is 6.57. The van der Waals surface area contributed by atoms with E-state index >= 15 is 0 Å². The molecule has 2 nitrogen and oxygen atoms in total. The molecular formula is C45H28N2S2. The largest absolute Gasteiger partial charge is 0.295 e. The summed E-state index contributed by atoms with van der Waals surface area (Å²) in [5.74, 6) is 0.898. The van der Waals surface area contributed by atoms with Gasteiger partial charge < -0.3 is 0 Å². The maximum atomic E-state index is 5.34. The number of fused-ring (bicyclic) bond motifs is 8. The predicted octanol–water partition coefficient (Wildman–Crippen LogP) is 13.8. The van der Waals surface area contributed by atoms with E-state index in [0.717, 1.165) is 22.0 Å². The number of hydrogen-bond acceptors (Lipinski definition) is 4. The van der Waals surface area contributed by atoms with Crippen LogP contribution in [0.3, 0.4) is 0 Å².